The third-order valence-electron chi connectivity index (χ3n) is 4.64. The molecule has 0 radical (unpaired) electrons. The first-order valence-corrected chi connectivity index (χ1v) is 6.72. The molecule has 2 saturated carbocycles. The summed E-state index contributed by atoms with van der Waals surface area (Å²) in [5.74, 6) is 0.630. The quantitative estimate of drug-likeness (QED) is 0.704. The number of fused-ring (bicyclic) bond motifs is 1. The third-order valence-corrected chi connectivity index (χ3v) is 4.64. The number of hydrogen-bond acceptors (Lipinski definition) is 4. The van der Waals surface area contributed by atoms with E-state index in [4.69, 9.17) is 9.47 Å². The average molecular weight is 252 g/mol. The highest BCUT2D eigenvalue weighted by molar-refractivity contribution is 5.78. The fourth-order valence-electron chi connectivity index (χ4n) is 3.78. The topological polar surface area (TPSA) is 52.6 Å². The van der Waals surface area contributed by atoms with Crippen LogP contribution < -0.4 is 0 Å². The summed E-state index contributed by atoms with van der Waals surface area (Å²) in [7, 11) is 0. The van der Waals surface area contributed by atoms with Gasteiger partial charge in [-0.3, -0.25) is 9.59 Å². The van der Waals surface area contributed by atoms with Crippen LogP contribution in [0, 0.1) is 23.2 Å². The van der Waals surface area contributed by atoms with E-state index in [1.54, 1.807) is 0 Å². The van der Waals surface area contributed by atoms with E-state index in [1.165, 1.54) is 0 Å². The number of carbonyl (C=O) groups excluding carboxylic acids is 2. The summed E-state index contributed by atoms with van der Waals surface area (Å²) in [6.45, 7) is 5.73. The molecule has 1 heterocycles. The van der Waals surface area contributed by atoms with Gasteiger partial charge in [0.05, 0.1) is 11.3 Å². The first kappa shape index (κ1) is 12.0. The second kappa shape index (κ2) is 3.49. The molecule has 0 amide bonds. The van der Waals surface area contributed by atoms with Gasteiger partial charge in [-0.05, 0) is 46.0 Å². The van der Waals surface area contributed by atoms with E-state index < -0.39 is 11.0 Å². The van der Waals surface area contributed by atoms with E-state index >= 15 is 0 Å². The summed E-state index contributed by atoms with van der Waals surface area (Å²) in [5.41, 5.74) is -0.998. The lowest BCUT2D eigenvalue weighted by Gasteiger charge is -2.31. The molecule has 2 aliphatic carbocycles. The smallest absolute Gasteiger partial charge is 0.311 e. The fourth-order valence-corrected chi connectivity index (χ4v) is 3.78. The Hall–Kier alpha value is -1.06. The van der Waals surface area contributed by atoms with Crippen molar-refractivity contribution in [2.24, 2.45) is 23.2 Å². The van der Waals surface area contributed by atoms with E-state index in [-0.39, 0.29) is 30.4 Å². The van der Waals surface area contributed by atoms with E-state index in [0.29, 0.717) is 5.92 Å². The Morgan fingerprint density at radius 3 is 2.78 bits per heavy atom. The van der Waals surface area contributed by atoms with Crippen molar-refractivity contribution < 1.29 is 19.1 Å². The molecule has 1 saturated heterocycles. The van der Waals surface area contributed by atoms with E-state index in [9.17, 15) is 9.59 Å². The number of carbonyl (C=O) groups is 2. The largest absolute Gasteiger partial charge is 0.461 e. The van der Waals surface area contributed by atoms with Crippen molar-refractivity contribution >= 4 is 11.9 Å². The van der Waals surface area contributed by atoms with Crippen LogP contribution in [0.1, 0.15) is 40.0 Å². The van der Waals surface area contributed by atoms with Gasteiger partial charge in [0.1, 0.15) is 12.2 Å². The van der Waals surface area contributed by atoms with Gasteiger partial charge in [-0.15, -0.1) is 0 Å². The van der Waals surface area contributed by atoms with Crippen molar-refractivity contribution in [2.75, 3.05) is 6.61 Å². The summed E-state index contributed by atoms with van der Waals surface area (Å²) in [6, 6.07) is 0. The molecule has 0 aromatic rings. The molecular formula is C14H20O4. The van der Waals surface area contributed by atoms with Crippen molar-refractivity contribution in [3.8, 4) is 0 Å². The molecule has 100 valence electrons. The van der Waals surface area contributed by atoms with Crippen LogP contribution in [-0.4, -0.2) is 24.1 Å². The molecule has 1 aliphatic heterocycles. The lowest BCUT2D eigenvalue weighted by atomic mass is 9.80. The molecule has 2 bridgehead atoms. The second-order valence-electron chi connectivity index (χ2n) is 7.07. The molecule has 4 unspecified atom stereocenters. The monoisotopic (exact) mass is 252 g/mol. The maximum atomic E-state index is 11.8. The number of hydrogen-bond donors (Lipinski definition) is 0. The van der Waals surface area contributed by atoms with Gasteiger partial charge in [0.15, 0.2) is 0 Å². The van der Waals surface area contributed by atoms with E-state index in [2.05, 4.69) is 0 Å². The fraction of sp³-hybridized carbons (Fsp3) is 0.857. The summed E-state index contributed by atoms with van der Waals surface area (Å²) in [4.78, 5) is 23.6. The van der Waals surface area contributed by atoms with Gasteiger partial charge in [0.2, 0.25) is 0 Å². The molecule has 3 rings (SSSR count). The minimum absolute atomic E-state index is 0.0667. The van der Waals surface area contributed by atoms with Gasteiger partial charge in [-0.25, -0.2) is 0 Å². The molecular weight excluding hydrogens is 232 g/mol. The Morgan fingerprint density at radius 2 is 2.17 bits per heavy atom. The standard InChI is InChI=1S/C14H20O4/c1-13(2,3)12(16)17-7-14-6-8-4-9(10(14)5-8)11(15)18-14/h8-10H,4-7H2,1-3H3. The zero-order valence-electron chi connectivity index (χ0n) is 11.2. The molecule has 4 nitrogen and oxygen atoms in total. The summed E-state index contributed by atoms with van der Waals surface area (Å²) in [6.07, 6.45) is 2.90. The van der Waals surface area contributed by atoms with Crippen molar-refractivity contribution in [1.29, 1.82) is 0 Å². The molecule has 3 fully saturated rings. The number of ether oxygens (including phenoxy) is 2. The molecule has 0 N–H and O–H groups in total. The Bertz CT molecular complexity index is 409. The SMILES string of the molecule is CC(C)(C)C(=O)OCC12CC3CC(C(=O)O1)C2C3. The van der Waals surface area contributed by atoms with Crippen LogP contribution in [0.2, 0.25) is 0 Å². The Kier molecular flexibility index (Phi) is 2.32. The molecule has 4 heteroatoms. The summed E-state index contributed by atoms with van der Waals surface area (Å²) < 4.78 is 11.0. The van der Waals surface area contributed by atoms with Gasteiger partial charge in [-0.1, -0.05) is 0 Å². The number of rotatable bonds is 2. The lowest BCUT2D eigenvalue weighted by Crippen LogP contribution is -2.41. The molecule has 0 aromatic carbocycles. The number of esters is 2. The first-order valence-electron chi connectivity index (χ1n) is 6.72. The minimum atomic E-state index is -0.504. The van der Waals surface area contributed by atoms with Gasteiger partial charge in [-0.2, -0.15) is 0 Å². The van der Waals surface area contributed by atoms with E-state index in [1.807, 2.05) is 20.8 Å². The van der Waals surface area contributed by atoms with Crippen molar-refractivity contribution in [3.63, 3.8) is 0 Å². The van der Waals surface area contributed by atoms with Crippen molar-refractivity contribution in [3.05, 3.63) is 0 Å². The van der Waals surface area contributed by atoms with Crippen molar-refractivity contribution in [1.82, 2.24) is 0 Å². The normalized spacial score (nSPS) is 41.1. The van der Waals surface area contributed by atoms with Crippen LogP contribution in [-0.2, 0) is 19.1 Å². The van der Waals surface area contributed by atoms with Crippen LogP contribution in [0.15, 0.2) is 0 Å². The second-order valence-corrected chi connectivity index (χ2v) is 7.07. The molecule has 3 aliphatic rings. The molecule has 4 atom stereocenters. The molecule has 0 aromatic heterocycles. The van der Waals surface area contributed by atoms with Crippen LogP contribution in [0.3, 0.4) is 0 Å². The van der Waals surface area contributed by atoms with Gasteiger partial charge in [0.25, 0.3) is 0 Å². The molecule has 0 spiro atoms. The van der Waals surface area contributed by atoms with Crippen LogP contribution in [0.5, 0.6) is 0 Å². The van der Waals surface area contributed by atoms with E-state index in [0.717, 1.165) is 19.3 Å². The maximum absolute atomic E-state index is 11.8. The highest BCUT2D eigenvalue weighted by Gasteiger charge is 2.66. The maximum Gasteiger partial charge on any atom is 0.311 e. The minimum Gasteiger partial charge on any atom is -0.461 e. The summed E-state index contributed by atoms with van der Waals surface area (Å²) >= 11 is 0. The average Bonchev–Trinajstić information content (AvgIpc) is 2.84. The van der Waals surface area contributed by atoms with Crippen LogP contribution >= 0.6 is 0 Å². The third kappa shape index (κ3) is 1.57. The zero-order valence-corrected chi connectivity index (χ0v) is 11.2. The predicted molar refractivity (Wildman–Crippen MR) is 63.6 cm³/mol. The van der Waals surface area contributed by atoms with Crippen molar-refractivity contribution in [2.45, 2.75) is 45.6 Å². The molecule has 18 heavy (non-hydrogen) atoms. The Morgan fingerprint density at radius 1 is 1.44 bits per heavy atom. The highest BCUT2D eigenvalue weighted by Crippen LogP contribution is 2.60. The first-order chi connectivity index (χ1) is 8.32. The predicted octanol–water partition coefficient (Wildman–Crippen LogP) is 1.92. The Balaban J connectivity index is 1.71. The van der Waals surface area contributed by atoms with Crippen LogP contribution in [0.25, 0.3) is 0 Å². The highest BCUT2D eigenvalue weighted by atomic mass is 16.6. The zero-order chi connectivity index (χ0) is 13.1. The summed E-state index contributed by atoms with van der Waals surface area (Å²) in [5, 5.41) is 0. The van der Waals surface area contributed by atoms with Gasteiger partial charge < -0.3 is 9.47 Å². The van der Waals surface area contributed by atoms with Gasteiger partial charge in [0, 0.05) is 5.92 Å². The van der Waals surface area contributed by atoms with Crippen LogP contribution in [0.4, 0.5) is 0 Å². The Labute approximate surface area is 107 Å². The lowest BCUT2D eigenvalue weighted by molar-refractivity contribution is -0.169. The van der Waals surface area contributed by atoms with Gasteiger partial charge >= 0.3 is 11.9 Å².